The fraction of sp³-hybridized carbons (Fsp3) is 0.650. The van der Waals surface area contributed by atoms with Gasteiger partial charge in [-0.15, -0.1) is 0 Å². The summed E-state index contributed by atoms with van der Waals surface area (Å²) in [4.78, 5) is 15.1. The number of benzene rings is 1. The van der Waals surface area contributed by atoms with Crippen molar-refractivity contribution in [2.24, 2.45) is 5.92 Å². The van der Waals surface area contributed by atoms with Crippen molar-refractivity contribution in [1.82, 2.24) is 4.90 Å². The monoisotopic (exact) mass is 347 g/mol. The molecule has 3 atom stereocenters. The van der Waals surface area contributed by atoms with Gasteiger partial charge in [-0.3, -0.25) is 4.79 Å². The van der Waals surface area contributed by atoms with Crippen LogP contribution < -0.4 is 9.47 Å². The zero-order valence-corrected chi connectivity index (χ0v) is 15.2. The molecule has 1 amide bonds. The van der Waals surface area contributed by atoms with E-state index in [0.29, 0.717) is 23.7 Å². The van der Waals surface area contributed by atoms with E-state index in [0.717, 1.165) is 45.1 Å². The Bertz CT molecular complexity index is 603. The van der Waals surface area contributed by atoms with Crippen molar-refractivity contribution >= 4 is 5.91 Å². The molecule has 2 fully saturated rings. The number of hydrogen-bond donors (Lipinski definition) is 1. The Kier molecular flexibility index (Phi) is 5.84. The van der Waals surface area contributed by atoms with Crippen molar-refractivity contribution in [3.63, 3.8) is 0 Å². The van der Waals surface area contributed by atoms with Crippen LogP contribution in [0.15, 0.2) is 18.2 Å². The lowest BCUT2D eigenvalue weighted by Crippen LogP contribution is -2.45. The SMILES string of the molecule is CCOc1ccc(C(=O)N2CCC[C@@H]2[C@@H]2CCCC[C@H]2O)cc1OC. The summed E-state index contributed by atoms with van der Waals surface area (Å²) in [5.74, 6) is 1.48. The molecule has 2 aliphatic rings. The highest BCUT2D eigenvalue weighted by Gasteiger charge is 2.39. The highest BCUT2D eigenvalue weighted by Crippen LogP contribution is 2.36. The van der Waals surface area contributed by atoms with Crippen LogP contribution in [-0.2, 0) is 0 Å². The molecule has 1 N–H and O–H groups in total. The molecule has 1 aliphatic heterocycles. The van der Waals surface area contributed by atoms with E-state index < -0.39 is 0 Å². The number of carbonyl (C=O) groups excluding carboxylic acids is 1. The number of rotatable bonds is 5. The van der Waals surface area contributed by atoms with E-state index in [1.807, 2.05) is 17.9 Å². The highest BCUT2D eigenvalue weighted by molar-refractivity contribution is 5.95. The first-order valence-electron chi connectivity index (χ1n) is 9.45. The predicted molar refractivity (Wildman–Crippen MR) is 96.2 cm³/mol. The number of methoxy groups -OCH3 is 1. The number of ether oxygens (including phenoxy) is 2. The van der Waals surface area contributed by atoms with Gasteiger partial charge < -0.3 is 19.5 Å². The second kappa shape index (κ2) is 8.09. The Morgan fingerprint density at radius 3 is 2.72 bits per heavy atom. The summed E-state index contributed by atoms with van der Waals surface area (Å²) in [7, 11) is 1.59. The van der Waals surface area contributed by atoms with Gasteiger partial charge in [-0.2, -0.15) is 0 Å². The zero-order valence-electron chi connectivity index (χ0n) is 15.2. The van der Waals surface area contributed by atoms with Gasteiger partial charge in [0.1, 0.15) is 0 Å². The molecule has 0 bridgehead atoms. The molecule has 25 heavy (non-hydrogen) atoms. The van der Waals surface area contributed by atoms with E-state index in [-0.39, 0.29) is 24.0 Å². The maximum atomic E-state index is 13.1. The van der Waals surface area contributed by atoms with Crippen LogP contribution in [0.5, 0.6) is 11.5 Å². The summed E-state index contributed by atoms with van der Waals surface area (Å²) in [6.07, 6.45) is 5.84. The molecule has 138 valence electrons. The molecule has 1 saturated heterocycles. The maximum Gasteiger partial charge on any atom is 0.254 e. The molecular formula is C20H29NO4. The summed E-state index contributed by atoms with van der Waals surface area (Å²) in [6.45, 7) is 3.24. The van der Waals surface area contributed by atoms with Crippen LogP contribution in [0.3, 0.4) is 0 Å². The first-order valence-corrected chi connectivity index (χ1v) is 9.45. The van der Waals surface area contributed by atoms with Crippen LogP contribution in [-0.4, -0.2) is 48.3 Å². The minimum absolute atomic E-state index is 0.0293. The fourth-order valence-corrected chi connectivity index (χ4v) is 4.32. The van der Waals surface area contributed by atoms with Gasteiger partial charge in [0.25, 0.3) is 5.91 Å². The summed E-state index contributed by atoms with van der Waals surface area (Å²) in [5, 5.41) is 10.4. The molecule has 1 aromatic carbocycles. The quantitative estimate of drug-likeness (QED) is 0.888. The van der Waals surface area contributed by atoms with Crippen LogP contribution in [0.1, 0.15) is 55.8 Å². The molecule has 1 aliphatic carbocycles. The number of nitrogens with zero attached hydrogens (tertiary/aromatic N) is 1. The second-order valence-electron chi connectivity index (χ2n) is 7.02. The zero-order chi connectivity index (χ0) is 17.8. The number of aliphatic hydroxyl groups is 1. The van der Waals surface area contributed by atoms with E-state index >= 15 is 0 Å². The van der Waals surface area contributed by atoms with Crippen molar-refractivity contribution in [1.29, 1.82) is 0 Å². The molecule has 3 rings (SSSR count). The number of hydrogen-bond acceptors (Lipinski definition) is 4. The number of carbonyl (C=O) groups is 1. The minimum Gasteiger partial charge on any atom is -0.493 e. The topological polar surface area (TPSA) is 59.0 Å². The van der Waals surface area contributed by atoms with Crippen LogP contribution in [0.25, 0.3) is 0 Å². The van der Waals surface area contributed by atoms with Gasteiger partial charge in [0.15, 0.2) is 11.5 Å². The third-order valence-electron chi connectivity index (χ3n) is 5.55. The molecule has 0 radical (unpaired) electrons. The van der Waals surface area contributed by atoms with Crippen LogP contribution in [0.4, 0.5) is 0 Å². The highest BCUT2D eigenvalue weighted by atomic mass is 16.5. The third-order valence-corrected chi connectivity index (χ3v) is 5.55. The van der Waals surface area contributed by atoms with E-state index in [1.165, 1.54) is 0 Å². The first kappa shape index (κ1) is 18.1. The normalized spacial score (nSPS) is 26.5. The molecule has 1 saturated carbocycles. The van der Waals surface area contributed by atoms with Crippen LogP contribution in [0.2, 0.25) is 0 Å². The molecule has 0 aromatic heterocycles. The summed E-state index contributed by atoms with van der Waals surface area (Å²) >= 11 is 0. The number of likely N-dealkylation sites (tertiary alicyclic amines) is 1. The molecular weight excluding hydrogens is 318 g/mol. The molecule has 5 heteroatoms. The standard InChI is InChI=1S/C20H29NO4/c1-3-25-18-11-10-14(13-19(18)24-2)20(23)21-12-6-8-16(21)15-7-4-5-9-17(15)22/h10-11,13,15-17,22H,3-9,12H2,1-2H3/t15-,16+,17+/m0/s1. The predicted octanol–water partition coefficient (Wildman–Crippen LogP) is 3.25. The Morgan fingerprint density at radius 1 is 1.20 bits per heavy atom. The van der Waals surface area contributed by atoms with Gasteiger partial charge >= 0.3 is 0 Å². The lowest BCUT2D eigenvalue weighted by Gasteiger charge is -2.37. The third kappa shape index (κ3) is 3.76. The summed E-state index contributed by atoms with van der Waals surface area (Å²) < 4.78 is 10.9. The van der Waals surface area contributed by atoms with Crippen LogP contribution >= 0.6 is 0 Å². The minimum atomic E-state index is -0.276. The largest absolute Gasteiger partial charge is 0.493 e. The van der Waals surface area contributed by atoms with Crippen LogP contribution in [0, 0.1) is 5.92 Å². The fourth-order valence-electron chi connectivity index (χ4n) is 4.32. The number of amides is 1. The van der Waals surface area contributed by atoms with Crippen molar-refractivity contribution in [3.05, 3.63) is 23.8 Å². The van der Waals surface area contributed by atoms with Gasteiger partial charge in [-0.05, 0) is 50.8 Å². The van der Waals surface area contributed by atoms with Gasteiger partial charge in [0, 0.05) is 24.1 Å². The molecule has 1 heterocycles. The Balaban J connectivity index is 1.79. The van der Waals surface area contributed by atoms with Crippen molar-refractivity contribution in [2.45, 2.75) is 57.6 Å². The van der Waals surface area contributed by atoms with Gasteiger partial charge in [-0.1, -0.05) is 12.8 Å². The van der Waals surface area contributed by atoms with Gasteiger partial charge in [0.05, 0.1) is 19.8 Å². The molecule has 0 spiro atoms. The average molecular weight is 347 g/mol. The van der Waals surface area contributed by atoms with Crippen molar-refractivity contribution in [3.8, 4) is 11.5 Å². The molecule has 0 unspecified atom stereocenters. The van der Waals surface area contributed by atoms with E-state index in [2.05, 4.69) is 0 Å². The smallest absolute Gasteiger partial charge is 0.254 e. The maximum absolute atomic E-state index is 13.1. The summed E-state index contributed by atoms with van der Waals surface area (Å²) in [6, 6.07) is 5.53. The van der Waals surface area contributed by atoms with Gasteiger partial charge in [-0.25, -0.2) is 0 Å². The Labute approximate surface area is 149 Å². The number of aliphatic hydroxyl groups excluding tert-OH is 1. The van der Waals surface area contributed by atoms with E-state index in [9.17, 15) is 9.90 Å². The first-order chi connectivity index (χ1) is 12.2. The molecule has 1 aromatic rings. The Hall–Kier alpha value is -1.75. The van der Waals surface area contributed by atoms with E-state index in [4.69, 9.17) is 9.47 Å². The average Bonchev–Trinajstić information content (AvgIpc) is 3.11. The lowest BCUT2D eigenvalue weighted by atomic mass is 9.80. The van der Waals surface area contributed by atoms with Gasteiger partial charge in [0.2, 0.25) is 0 Å². The lowest BCUT2D eigenvalue weighted by molar-refractivity contribution is 0.0211. The Morgan fingerprint density at radius 2 is 2.00 bits per heavy atom. The van der Waals surface area contributed by atoms with Crippen molar-refractivity contribution < 1.29 is 19.4 Å². The second-order valence-corrected chi connectivity index (χ2v) is 7.02. The summed E-state index contributed by atoms with van der Waals surface area (Å²) in [5.41, 5.74) is 0.623. The van der Waals surface area contributed by atoms with Crippen molar-refractivity contribution in [2.75, 3.05) is 20.3 Å². The van der Waals surface area contributed by atoms with E-state index in [1.54, 1.807) is 19.2 Å². The molecule has 5 nitrogen and oxygen atoms in total.